The van der Waals surface area contributed by atoms with E-state index in [-0.39, 0.29) is 5.91 Å². The highest BCUT2D eigenvalue weighted by molar-refractivity contribution is 7.98. The highest BCUT2D eigenvalue weighted by Gasteiger charge is 2.21. The van der Waals surface area contributed by atoms with Gasteiger partial charge in [0.2, 0.25) is 0 Å². The van der Waals surface area contributed by atoms with Crippen molar-refractivity contribution in [2.75, 3.05) is 12.8 Å². The molecule has 0 atom stereocenters. The van der Waals surface area contributed by atoms with Crippen LogP contribution in [0.25, 0.3) is 22.2 Å². The minimum Gasteiger partial charge on any atom is -0.354 e. The summed E-state index contributed by atoms with van der Waals surface area (Å²) in [6.45, 7) is 0.677. The Kier molecular flexibility index (Phi) is 3.19. The van der Waals surface area contributed by atoms with Crippen LogP contribution < -0.4 is 5.32 Å². The third-order valence-electron chi connectivity index (χ3n) is 4.21. The summed E-state index contributed by atoms with van der Waals surface area (Å²) in [4.78, 5) is 17.0. The molecule has 2 heterocycles. The van der Waals surface area contributed by atoms with Gasteiger partial charge in [0.15, 0.2) is 0 Å². The van der Waals surface area contributed by atoms with Gasteiger partial charge in [0.05, 0.1) is 0 Å². The lowest BCUT2D eigenvalue weighted by Gasteiger charge is -2.05. The molecule has 0 unspecified atom stereocenters. The number of carbonyl (C=O) groups excluding carboxylic acids is 1. The van der Waals surface area contributed by atoms with Gasteiger partial charge in [-0.2, -0.15) is 0 Å². The first-order valence-electron chi connectivity index (χ1n) is 7.34. The molecule has 4 heteroatoms. The van der Waals surface area contributed by atoms with Gasteiger partial charge in [-0.3, -0.25) is 4.79 Å². The van der Waals surface area contributed by atoms with Crippen LogP contribution >= 0.6 is 11.8 Å². The van der Waals surface area contributed by atoms with E-state index >= 15 is 0 Å². The lowest BCUT2D eigenvalue weighted by Crippen LogP contribution is -2.23. The molecule has 2 N–H and O–H groups in total. The quantitative estimate of drug-likeness (QED) is 0.706. The van der Waals surface area contributed by atoms with Gasteiger partial charge in [-0.05, 0) is 48.1 Å². The van der Waals surface area contributed by atoms with Crippen LogP contribution in [0.15, 0.2) is 47.4 Å². The number of thioether (sulfide) groups is 1. The van der Waals surface area contributed by atoms with Crippen molar-refractivity contribution in [3.05, 3.63) is 53.6 Å². The summed E-state index contributed by atoms with van der Waals surface area (Å²) >= 11 is 1.74. The van der Waals surface area contributed by atoms with E-state index in [2.05, 4.69) is 40.8 Å². The molecule has 0 aliphatic carbocycles. The van der Waals surface area contributed by atoms with Gasteiger partial charge in [0.1, 0.15) is 0 Å². The van der Waals surface area contributed by atoms with E-state index in [1.807, 2.05) is 18.2 Å². The molecule has 110 valence electrons. The summed E-state index contributed by atoms with van der Waals surface area (Å²) < 4.78 is 0. The van der Waals surface area contributed by atoms with Crippen molar-refractivity contribution in [3.63, 3.8) is 0 Å². The Morgan fingerprint density at radius 2 is 1.91 bits per heavy atom. The number of hydrogen-bond donors (Lipinski definition) is 2. The van der Waals surface area contributed by atoms with Gasteiger partial charge in [-0.1, -0.05) is 18.2 Å². The minimum absolute atomic E-state index is 0.0210. The molecular formula is C18H16N2OS. The molecule has 2 aromatic carbocycles. The summed E-state index contributed by atoms with van der Waals surface area (Å²) in [7, 11) is 0. The maximum Gasteiger partial charge on any atom is 0.251 e. The lowest BCUT2D eigenvalue weighted by molar-refractivity contribution is 0.0957. The largest absolute Gasteiger partial charge is 0.354 e. The maximum absolute atomic E-state index is 12.2. The van der Waals surface area contributed by atoms with Crippen molar-refractivity contribution in [2.45, 2.75) is 11.3 Å². The summed E-state index contributed by atoms with van der Waals surface area (Å²) in [5, 5.41) is 4.05. The zero-order valence-electron chi connectivity index (χ0n) is 12.3. The third kappa shape index (κ3) is 2.03. The van der Waals surface area contributed by atoms with Gasteiger partial charge in [-0.25, -0.2) is 0 Å². The Morgan fingerprint density at radius 1 is 1.09 bits per heavy atom. The fourth-order valence-electron chi connectivity index (χ4n) is 3.16. The van der Waals surface area contributed by atoms with E-state index in [4.69, 9.17) is 0 Å². The number of carbonyl (C=O) groups is 1. The van der Waals surface area contributed by atoms with Gasteiger partial charge < -0.3 is 10.3 Å². The second kappa shape index (κ2) is 5.21. The highest BCUT2D eigenvalue weighted by atomic mass is 32.2. The first kappa shape index (κ1) is 13.5. The number of H-pyrrole nitrogens is 1. The molecule has 1 aromatic heterocycles. The standard InChI is InChI=1S/C18H16N2OS/c1-22-12-7-5-11(6-8-12)17-13-9-10-19-18(21)14-3-2-4-15(20-17)16(13)14/h2-8,20H,9-10H2,1H3,(H,19,21). The molecule has 1 amide bonds. The molecule has 0 fully saturated rings. The number of aromatic amines is 1. The molecule has 3 nitrogen and oxygen atoms in total. The third-order valence-corrected chi connectivity index (χ3v) is 4.96. The Labute approximate surface area is 133 Å². The number of rotatable bonds is 2. The monoisotopic (exact) mass is 308 g/mol. The van der Waals surface area contributed by atoms with E-state index < -0.39 is 0 Å². The van der Waals surface area contributed by atoms with Gasteiger partial charge >= 0.3 is 0 Å². The fourth-order valence-corrected chi connectivity index (χ4v) is 3.56. The Balaban J connectivity index is 1.96. The molecule has 4 rings (SSSR count). The van der Waals surface area contributed by atoms with Crippen molar-refractivity contribution in [3.8, 4) is 11.3 Å². The molecule has 0 saturated heterocycles. The number of hydrogen-bond acceptors (Lipinski definition) is 2. The van der Waals surface area contributed by atoms with Crippen molar-refractivity contribution in [1.29, 1.82) is 0 Å². The zero-order valence-corrected chi connectivity index (χ0v) is 13.1. The SMILES string of the molecule is CSc1ccc(-c2[nH]c3cccc4c3c2CCNC4=O)cc1. The molecular weight excluding hydrogens is 292 g/mol. The van der Waals surface area contributed by atoms with Crippen molar-refractivity contribution < 1.29 is 4.79 Å². The first-order chi connectivity index (χ1) is 10.8. The Bertz CT molecular complexity index is 865. The first-order valence-corrected chi connectivity index (χ1v) is 8.56. The van der Waals surface area contributed by atoms with Crippen molar-refractivity contribution >= 4 is 28.6 Å². The normalized spacial score (nSPS) is 14.0. The summed E-state index contributed by atoms with van der Waals surface area (Å²) in [5.41, 5.74) is 5.35. The number of amides is 1. The van der Waals surface area contributed by atoms with Gasteiger partial charge in [0.25, 0.3) is 5.91 Å². The predicted octanol–water partition coefficient (Wildman–Crippen LogP) is 3.84. The topological polar surface area (TPSA) is 44.9 Å². The molecule has 0 bridgehead atoms. The minimum atomic E-state index is 0.0210. The Hall–Kier alpha value is -2.20. The van der Waals surface area contributed by atoms with Crippen LogP contribution in [0.2, 0.25) is 0 Å². The summed E-state index contributed by atoms with van der Waals surface area (Å²) in [6, 6.07) is 14.4. The lowest BCUT2D eigenvalue weighted by atomic mass is 10.0. The van der Waals surface area contributed by atoms with E-state index in [1.54, 1.807) is 11.8 Å². The van der Waals surface area contributed by atoms with Gasteiger partial charge in [-0.15, -0.1) is 11.8 Å². The van der Waals surface area contributed by atoms with E-state index in [0.29, 0.717) is 6.54 Å². The van der Waals surface area contributed by atoms with Gasteiger partial charge in [0, 0.05) is 33.6 Å². The second-order valence-electron chi connectivity index (χ2n) is 5.44. The Morgan fingerprint density at radius 3 is 2.68 bits per heavy atom. The summed E-state index contributed by atoms with van der Waals surface area (Å²) in [6.07, 6.45) is 2.93. The predicted molar refractivity (Wildman–Crippen MR) is 91.6 cm³/mol. The van der Waals surface area contributed by atoms with E-state index in [9.17, 15) is 4.79 Å². The smallest absolute Gasteiger partial charge is 0.251 e. The molecule has 0 saturated carbocycles. The molecule has 3 aromatic rings. The molecule has 0 spiro atoms. The van der Waals surface area contributed by atoms with E-state index in [0.717, 1.165) is 28.6 Å². The maximum atomic E-state index is 12.2. The molecule has 0 radical (unpaired) electrons. The number of benzene rings is 2. The van der Waals surface area contributed by atoms with Crippen molar-refractivity contribution in [2.24, 2.45) is 0 Å². The van der Waals surface area contributed by atoms with Crippen LogP contribution in [0.5, 0.6) is 0 Å². The number of aromatic nitrogens is 1. The second-order valence-corrected chi connectivity index (χ2v) is 6.32. The summed E-state index contributed by atoms with van der Waals surface area (Å²) in [5.74, 6) is 0.0210. The highest BCUT2D eigenvalue weighted by Crippen LogP contribution is 2.34. The fraction of sp³-hybridized carbons (Fsp3) is 0.167. The zero-order chi connectivity index (χ0) is 15.1. The van der Waals surface area contributed by atoms with Crippen LogP contribution in [-0.2, 0) is 6.42 Å². The average Bonchev–Trinajstić information content (AvgIpc) is 2.84. The van der Waals surface area contributed by atoms with Crippen LogP contribution in [0.3, 0.4) is 0 Å². The van der Waals surface area contributed by atoms with Crippen LogP contribution in [0.4, 0.5) is 0 Å². The van der Waals surface area contributed by atoms with Crippen molar-refractivity contribution in [1.82, 2.24) is 10.3 Å². The number of nitrogens with one attached hydrogen (secondary N) is 2. The molecule has 22 heavy (non-hydrogen) atoms. The average molecular weight is 308 g/mol. The molecule has 1 aliphatic rings. The molecule has 1 aliphatic heterocycles. The van der Waals surface area contributed by atoms with Crippen LogP contribution in [0, 0.1) is 0 Å². The van der Waals surface area contributed by atoms with E-state index in [1.165, 1.54) is 16.0 Å². The van der Waals surface area contributed by atoms with Crippen LogP contribution in [0.1, 0.15) is 15.9 Å². The van der Waals surface area contributed by atoms with Crippen LogP contribution in [-0.4, -0.2) is 23.7 Å².